The maximum Gasteiger partial charge on any atom is 0.137 e. The minimum absolute atomic E-state index is 0.0108. The van der Waals surface area contributed by atoms with Gasteiger partial charge in [0.1, 0.15) is 11.2 Å². The van der Waals surface area contributed by atoms with Crippen molar-refractivity contribution in [3.05, 3.63) is 223 Å². The third kappa shape index (κ3) is 5.97. The van der Waals surface area contributed by atoms with E-state index in [1.165, 1.54) is 91.7 Å². The van der Waals surface area contributed by atoms with Crippen LogP contribution in [0.4, 0.5) is 17.1 Å². The quantitative estimate of drug-likeness (QED) is 0.155. The zero-order valence-electron chi connectivity index (χ0n) is 39.2. The largest absolute Gasteiger partial charge is 0.456 e. The Hall–Kier alpha value is -7.68. The number of hydrogen-bond donors (Lipinski definition) is 0. The average molecular weight is 888 g/mol. The van der Waals surface area contributed by atoms with Gasteiger partial charge in [0.15, 0.2) is 0 Å². The Balaban J connectivity index is 1.07. The summed E-state index contributed by atoms with van der Waals surface area (Å²) in [7, 11) is 0. The fraction of sp³-hybridized carbons (Fsp3) is 0.164. The second-order valence-electron chi connectivity index (χ2n) is 20.5. The summed E-state index contributed by atoms with van der Waals surface area (Å²) in [6.07, 6.45) is 5.31. The number of anilines is 3. The summed E-state index contributed by atoms with van der Waals surface area (Å²) in [4.78, 5) is 2.55. The van der Waals surface area contributed by atoms with Crippen molar-refractivity contribution in [2.75, 3.05) is 4.90 Å². The highest BCUT2D eigenvalue weighted by atomic mass is 16.3. The Labute approximate surface area is 404 Å². The van der Waals surface area contributed by atoms with Gasteiger partial charge in [0.2, 0.25) is 0 Å². The molecule has 1 heterocycles. The fourth-order valence-electron chi connectivity index (χ4n) is 14.3. The molecule has 3 aliphatic carbocycles. The molecule has 3 aliphatic rings. The molecule has 0 amide bonds. The second kappa shape index (κ2) is 15.7. The van der Waals surface area contributed by atoms with Gasteiger partial charge in [-0.2, -0.15) is 0 Å². The van der Waals surface area contributed by atoms with E-state index in [1.807, 2.05) is 0 Å². The predicted octanol–water partition coefficient (Wildman–Crippen LogP) is 18.7. The predicted molar refractivity (Wildman–Crippen MR) is 290 cm³/mol. The SMILES string of the molecule is CC1CC2CC(C)C3(c4ccccc4-c4c(-c5ccc(N(c6c7ccccc7c(-c7ccccc7)c7ccccc67)c6cccc7oc8ccccc8c67)cc5-c5ccccc5)cccc43)C(C1)C2. The van der Waals surface area contributed by atoms with E-state index in [0.29, 0.717) is 11.8 Å². The molecule has 2 fully saturated rings. The molecule has 14 rings (SSSR count). The summed E-state index contributed by atoms with van der Waals surface area (Å²) >= 11 is 0. The number of benzene rings is 10. The first-order chi connectivity index (χ1) is 34.1. The first-order valence-corrected chi connectivity index (χ1v) is 25.2. The lowest BCUT2D eigenvalue weighted by Crippen LogP contribution is -2.49. The molecule has 1 aromatic heterocycles. The highest BCUT2D eigenvalue weighted by Crippen LogP contribution is 2.66. The molecule has 0 radical (unpaired) electrons. The first kappa shape index (κ1) is 40.4. The van der Waals surface area contributed by atoms with Crippen LogP contribution in [0.1, 0.15) is 50.7 Å². The second-order valence-corrected chi connectivity index (χ2v) is 20.5. The molecule has 2 bridgehead atoms. The van der Waals surface area contributed by atoms with Gasteiger partial charge in [-0.3, -0.25) is 0 Å². The van der Waals surface area contributed by atoms with Crippen molar-refractivity contribution in [3.63, 3.8) is 0 Å². The van der Waals surface area contributed by atoms with Gasteiger partial charge >= 0.3 is 0 Å². The van der Waals surface area contributed by atoms with Crippen LogP contribution in [0.2, 0.25) is 0 Å². The molecule has 2 heteroatoms. The number of furan rings is 1. The molecule has 0 saturated heterocycles. The van der Waals surface area contributed by atoms with Crippen molar-refractivity contribution < 1.29 is 4.42 Å². The van der Waals surface area contributed by atoms with Crippen molar-refractivity contribution in [2.24, 2.45) is 23.7 Å². The monoisotopic (exact) mass is 887 g/mol. The summed E-state index contributed by atoms with van der Waals surface area (Å²) < 4.78 is 6.67. The summed E-state index contributed by atoms with van der Waals surface area (Å²) in [6.45, 7) is 5.09. The fourth-order valence-corrected chi connectivity index (χ4v) is 14.3. The van der Waals surface area contributed by atoms with Crippen LogP contribution in [0.15, 0.2) is 217 Å². The average Bonchev–Trinajstić information content (AvgIpc) is 3.93. The summed E-state index contributed by atoms with van der Waals surface area (Å²) in [5, 5.41) is 7.01. The molecule has 5 unspecified atom stereocenters. The van der Waals surface area contributed by atoms with Crippen LogP contribution >= 0.6 is 0 Å². The van der Waals surface area contributed by atoms with Crippen LogP contribution in [0.25, 0.3) is 88.0 Å². The van der Waals surface area contributed by atoms with Gasteiger partial charge in [0, 0.05) is 27.3 Å². The van der Waals surface area contributed by atoms with Gasteiger partial charge in [0.25, 0.3) is 0 Å². The molecule has 69 heavy (non-hydrogen) atoms. The van der Waals surface area contributed by atoms with Crippen molar-refractivity contribution >= 4 is 60.5 Å². The minimum atomic E-state index is 0.0108. The Morgan fingerprint density at radius 2 is 1.04 bits per heavy atom. The summed E-state index contributed by atoms with van der Waals surface area (Å²) in [6, 6.07) is 79.2. The van der Waals surface area contributed by atoms with Gasteiger partial charge in [-0.15, -0.1) is 0 Å². The molecule has 332 valence electrons. The Kier molecular flexibility index (Phi) is 9.18. The third-order valence-corrected chi connectivity index (χ3v) is 16.7. The molecule has 1 spiro atoms. The standard InChI is InChI=1S/C67H53NO/c1-42-37-44-39-43(2)67(47(38-42)40-44)58-30-15-13-27-55(58)64-50(29-17-31-59(64)67)49-36-35-48(41-57(49)45-19-5-3-6-20-45)68(60-32-18-34-62-65(60)56-28-14-16-33-61(56)69-62)66-53-25-11-9-23-51(53)63(46-21-7-4-8-22-46)52-24-10-12-26-54(52)66/h3-36,41-44,47H,37-40H2,1-2H3. The van der Waals surface area contributed by atoms with Gasteiger partial charge in [-0.05, 0) is 146 Å². The van der Waals surface area contributed by atoms with Crippen LogP contribution in [0.3, 0.4) is 0 Å². The molecule has 0 aliphatic heterocycles. The lowest BCUT2D eigenvalue weighted by atomic mass is 9.49. The molecular weight excluding hydrogens is 835 g/mol. The van der Waals surface area contributed by atoms with Crippen LogP contribution in [-0.4, -0.2) is 0 Å². The molecule has 10 aromatic carbocycles. The van der Waals surface area contributed by atoms with Crippen molar-refractivity contribution in [1.29, 1.82) is 0 Å². The highest BCUT2D eigenvalue weighted by molar-refractivity contribution is 6.24. The zero-order chi connectivity index (χ0) is 45.8. The number of fused-ring (bicyclic) bond motifs is 13. The van der Waals surface area contributed by atoms with E-state index in [9.17, 15) is 0 Å². The molecule has 11 aromatic rings. The van der Waals surface area contributed by atoms with Crippen molar-refractivity contribution in [2.45, 2.75) is 44.9 Å². The van der Waals surface area contributed by atoms with E-state index in [1.54, 1.807) is 11.1 Å². The summed E-state index contributed by atoms with van der Waals surface area (Å²) in [5.41, 5.74) is 18.5. The smallest absolute Gasteiger partial charge is 0.137 e. The van der Waals surface area contributed by atoms with Crippen LogP contribution in [0, 0.1) is 23.7 Å². The number of para-hydroxylation sites is 1. The Bertz CT molecular complexity index is 3750. The lowest BCUT2D eigenvalue weighted by molar-refractivity contribution is 0.0426. The number of hydrogen-bond acceptors (Lipinski definition) is 2. The summed E-state index contributed by atoms with van der Waals surface area (Å²) in [5.74, 6) is 2.79. The van der Waals surface area contributed by atoms with Gasteiger partial charge in [-0.25, -0.2) is 0 Å². The van der Waals surface area contributed by atoms with Crippen LogP contribution in [0.5, 0.6) is 0 Å². The Morgan fingerprint density at radius 1 is 0.435 bits per heavy atom. The van der Waals surface area contributed by atoms with Gasteiger partial charge in [-0.1, -0.05) is 196 Å². The van der Waals surface area contributed by atoms with E-state index in [4.69, 9.17) is 4.42 Å². The van der Waals surface area contributed by atoms with E-state index < -0.39 is 0 Å². The molecule has 5 atom stereocenters. The maximum absolute atomic E-state index is 6.67. The van der Waals surface area contributed by atoms with Crippen LogP contribution < -0.4 is 4.90 Å². The maximum atomic E-state index is 6.67. The van der Waals surface area contributed by atoms with Gasteiger partial charge in [0.05, 0.1) is 16.8 Å². The van der Waals surface area contributed by atoms with E-state index >= 15 is 0 Å². The van der Waals surface area contributed by atoms with E-state index in [0.717, 1.165) is 50.8 Å². The number of nitrogens with zero attached hydrogens (tertiary/aromatic N) is 1. The molecule has 0 N–H and O–H groups in total. The highest BCUT2D eigenvalue weighted by Gasteiger charge is 2.57. The molecule has 2 nitrogen and oxygen atoms in total. The molecular formula is C67H53NO. The Morgan fingerprint density at radius 3 is 1.81 bits per heavy atom. The van der Waals surface area contributed by atoms with Crippen molar-refractivity contribution in [3.8, 4) is 44.5 Å². The zero-order valence-corrected chi connectivity index (χ0v) is 39.2. The number of rotatable bonds is 6. The van der Waals surface area contributed by atoms with E-state index in [-0.39, 0.29) is 5.41 Å². The lowest BCUT2D eigenvalue weighted by Gasteiger charge is -2.54. The van der Waals surface area contributed by atoms with Crippen LogP contribution in [-0.2, 0) is 5.41 Å². The molecule has 2 saturated carbocycles. The normalized spacial score (nSPS) is 20.4. The minimum Gasteiger partial charge on any atom is -0.456 e. The third-order valence-electron chi connectivity index (χ3n) is 16.7. The van der Waals surface area contributed by atoms with E-state index in [2.05, 4.69) is 231 Å². The topological polar surface area (TPSA) is 16.4 Å². The first-order valence-electron chi connectivity index (χ1n) is 25.2. The van der Waals surface area contributed by atoms with Gasteiger partial charge < -0.3 is 9.32 Å². The van der Waals surface area contributed by atoms with Crippen molar-refractivity contribution in [1.82, 2.24) is 0 Å².